The Bertz CT molecular complexity index is 665. The lowest BCUT2D eigenvalue weighted by molar-refractivity contribution is 0.260. The van der Waals surface area contributed by atoms with E-state index in [-0.39, 0.29) is 21.1 Å². The molecule has 2 N–H and O–H groups in total. The van der Waals surface area contributed by atoms with Crippen molar-refractivity contribution in [3.8, 4) is 0 Å². The molecule has 1 aliphatic carbocycles. The highest BCUT2D eigenvalue weighted by Gasteiger charge is 2.42. The summed E-state index contributed by atoms with van der Waals surface area (Å²) in [6, 6.07) is 2.42. The first kappa shape index (κ1) is 15.2. The summed E-state index contributed by atoms with van der Waals surface area (Å²) < 4.78 is 41.0. The maximum Gasteiger partial charge on any atom is 0.244 e. The number of benzene rings is 1. The topological polar surface area (TPSA) is 63.4 Å². The van der Waals surface area contributed by atoms with Crippen molar-refractivity contribution in [2.24, 2.45) is 5.92 Å². The highest BCUT2D eigenvalue weighted by molar-refractivity contribution is 9.10. The van der Waals surface area contributed by atoms with Crippen LogP contribution in [0.5, 0.6) is 0 Å². The Labute approximate surface area is 132 Å². The Morgan fingerprint density at radius 2 is 1.95 bits per heavy atom. The van der Waals surface area contributed by atoms with E-state index in [9.17, 15) is 12.8 Å². The van der Waals surface area contributed by atoms with Gasteiger partial charge in [-0.25, -0.2) is 12.8 Å². The molecule has 0 radical (unpaired) electrons. The third kappa shape index (κ3) is 2.59. The molecule has 21 heavy (non-hydrogen) atoms. The lowest BCUT2D eigenvalue weighted by atomic mass is 9.86. The van der Waals surface area contributed by atoms with Gasteiger partial charge in [-0.3, -0.25) is 0 Å². The fourth-order valence-corrected chi connectivity index (χ4v) is 6.27. The number of anilines is 1. The molecule has 7 heteroatoms. The Hall–Kier alpha value is -0.660. The average Bonchev–Trinajstić information content (AvgIpc) is 2.87. The van der Waals surface area contributed by atoms with Gasteiger partial charge in [-0.2, -0.15) is 4.31 Å². The van der Waals surface area contributed by atoms with Crippen molar-refractivity contribution in [3.05, 3.63) is 22.4 Å². The van der Waals surface area contributed by atoms with Crippen molar-refractivity contribution < 1.29 is 12.8 Å². The Kier molecular flexibility index (Phi) is 4.00. The number of halogens is 2. The van der Waals surface area contributed by atoms with Crippen molar-refractivity contribution >= 4 is 31.6 Å². The predicted molar refractivity (Wildman–Crippen MR) is 82.8 cm³/mol. The Morgan fingerprint density at radius 1 is 1.24 bits per heavy atom. The van der Waals surface area contributed by atoms with Gasteiger partial charge >= 0.3 is 0 Å². The van der Waals surface area contributed by atoms with E-state index in [2.05, 4.69) is 15.9 Å². The average molecular weight is 377 g/mol. The number of hydrogen-bond donors (Lipinski definition) is 1. The minimum Gasteiger partial charge on any atom is -0.396 e. The van der Waals surface area contributed by atoms with E-state index in [1.165, 1.54) is 12.5 Å². The van der Waals surface area contributed by atoms with Crippen LogP contribution < -0.4 is 5.73 Å². The highest BCUT2D eigenvalue weighted by atomic mass is 79.9. The van der Waals surface area contributed by atoms with E-state index in [4.69, 9.17) is 5.73 Å². The van der Waals surface area contributed by atoms with Crippen LogP contribution in [0, 0.1) is 11.7 Å². The van der Waals surface area contributed by atoms with Gasteiger partial charge in [0.1, 0.15) is 5.82 Å². The van der Waals surface area contributed by atoms with Crippen LogP contribution in [0.15, 0.2) is 21.5 Å². The number of sulfonamides is 1. The van der Waals surface area contributed by atoms with E-state index in [0.717, 1.165) is 31.7 Å². The number of nitrogens with two attached hydrogens (primary N) is 1. The zero-order valence-electron chi connectivity index (χ0n) is 11.6. The zero-order chi connectivity index (χ0) is 15.2. The van der Waals surface area contributed by atoms with Crippen molar-refractivity contribution in [2.45, 2.75) is 43.0 Å². The van der Waals surface area contributed by atoms with Gasteiger partial charge in [-0.05, 0) is 53.2 Å². The molecule has 4 nitrogen and oxygen atoms in total. The van der Waals surface area contributed by atoms with Gasteiger partial charge in [0.05, 0.1) is 10.6 Å². The molecule has 2 aliphatic rings. The fourth-order valence-electron chi connectivity index (χ4n) is 3.53. The molecule has 0 spiro atoms. The summed E-state index contributed by atoms with van der Waals surface area (Å²) in [6.45, 7) is 0.543. The maximum atomic E-state index is 13.4. The first-order valence-corrected chi connectivity index (χ1v) is 9.41. The molecule has 1 heterocycles. The number of nitrogen functional groups attached to an aromatic ring is 1. The molecular weight excluding hydrogens is 359 g/mol. The van der Waals surface area contributed by atoms with E-state index in [1.54, 1.807) is 4.31 Å². The molecule has 1 aromatic rings. The zero-order valence-corrected chi connectivity index (χ0v) is 14.0. The molecule has 2 atom stereocenters. The van der Waals surface area contributed by atoms with Crippen molar-refractivity contribution in [1.82, 2.24) is 4.31 Å². The van der Waals surface area contributed by atoms with Gasteiger partial charge in [0.25, 0.3) is 0 Å². The monoisotopic (exact) mass is 376 g/mol. The third-order valence-corrected chi connectivity index (χ3v) is 7.48. The summed E-state index contributed by atoms with van der Waals surface area (Å²) in [5.74, 6) is -0.150. The first-order valence-electron chi connectivity index (χ1n) is 7.17. The van der Waals surface area contributed by atoms with Crippen molar-refractivity contribution in [2.75, 3.05) is 12.3 Å². The Morgan fingerprint density at radius 3 is 2.71 bits per heavy atom. The smallest absolute Gasteiger partial charge is 0.244 e. The molecular formula is C14H18BrFN2O2S. The van der Waals surface area contributed by atoms with Gasteiger partial charge in [0.2, 0.25) is 10.0 Å². The van der Waals surface area contributed by atoms with E-state index in [1.807, 2.05) is 0 Å². The molecule has 0 aromatic heterocycles. The summed E-state index contributed by atoms with van der Waals surface area (Å²) in [6.07, 6.45) is 5.18. The largest absolute Gasteiger partial charge is 0.396 e. The van der Waals surface area contributed by atoms with E-state index >= 15 is 0 Å². The molecule has 1 aliphatic heterocycles. The minimum absolute atomic E-state index is 0.0626. The Balaban J connectivity index is 1.99. The molecule has 116 valence electrons. The number of hydrogen-bond acceptors (Lipinski definition) is 3. The van der Waals surface area contributed by atoms with Gasteiger partial charge < -0.3 is 5.73 Å². The lowest BCUT2D eigenvalue weighted by Gasteiger charge is -2.31. The second-order valence-corrected chi connectivity index (χ2v) is 8.53. The van der Waals surface area contributed by atoms with Gasteiger partial charge in [-0.1, -0.05) is 12.8 Å². The van der Waals surface area contributed by atoms with E-state index < -0.39 is 15.8 Å². The summed E-state index contributed by atoms with van der Waals surface area (Å²) in [4.78, 5) is 0.0626. The molecule has 1 saturated carbocycles. The number of rotatable bonds is 2. The highest BCUT2D eigenvalue weighted by Crippen LogP contribution is 2.40. The van der Waals surface area contributed by atoms with Crippen LogP contribution in [0.1, 0.15) is 32.1 Å². The SMILES string of the molecule is Nc1cc(S(=O)(=O)N2CCC3CCCCC32)c(Br)cc1F. The number of fused-ring (bicyclic) bond motifs is 1. The predicted octanol–water partition coefficient (Wildman–Crippen LogP) is 3.12. The molecule has 2 unspecified atom stereocenters. The fraction of sp³-hybridized carbons (Fsp3) is 0.571. The molecule has 1 saturated heterocycles. The molecule has 2 fully saturated rings. The lowest BCUT2D eigenvalue weighted by Crippen LogP contribution is -2.39. The minimum atomic E-state index is -3.64. The quantitative estimate of drug-likeness (QED) is 0.806. The van der Waals surface area contributed by atoms with E-state index in [0.29, 0.717) is 12.5 Å². The van der Waals surface area contributed by atoms with Gasteiger partial charge in [0, 0.05) is 17.1 Å². The second kappa shape index (κ2) is 5.52. The third-order valence-electron chi connectivity index (χ3n) is 4.60. The second-order valence-electron chi connectivity index (χ2n) is 5.82. The van der Waals surface area contributed by atoms with Crippen LogP contribution in [0.4, 0.5) is 10.1 Å². The standard InChI is InChI=1S/C14H18BrFN2O2S/c15-10-7-11(16)12(17)8-14(10)21(19,20)18-6-5-9-3-1-2-4-13(9)18/h7-9,13H,1-6,17H2. The normalized spacial score (nSPS) is 26.8. The maximum absolute atomic E-state index is 13.4. The summed E-state index contributed by atoms with van der Waals surface area (Å²) >= 11 is 3.15. The summed E-state index contributed by atoms with van der Waals surface area (Å²) in [5, 5.41) is 0. The van der Waals surface area contributed by atoms with Crippen LogP contribution in [-0.2, 0) is 10.0 Å². The van der Waals surface area contributed by atoms with Crippen molar-refractivity contribution in [1.29, 1.82) is 0 Å². The molecule has 0 bridgehead atoms. The van der Waals surface area contributed by atoms with Gasteiger partial charge in [-0.15, -0.1) is 0 Å². The van der Waals surface area contributed by atoms with Crippen LogP contribution in [0.2, 0.25) is 0 Å². The molecule has 1 aromatic carbocycles. The van der Waals surface area contributed by atoms with Crippen LogP contribution in [0.25, 0.3) is 0 Å². The first-order chi connectivity index (χ1) is 9.91. The van der Waals surface area contributed by atoms with Crippen LogP contribution in [-0.4, -0.2) is 25.3 Å². The summed E-state index contributed by atoms with van der Waals surface area (Å²) in [5.41, 5.74) is 5.40. The molecule has 0 amide bonds. The van der Waals surface area contributed by atoms with Gasteiger partial charge in [0.15, 0.2) is 0 Å². The van der Waals surface area contributed by atoms with Crippen molar-refractivity contribution in [3.63, 3.8) is 0 Å². The summed E-state index contributed by atoms with van der Waals surface area (Å²) in [7, 11) is -3.64. The van der Waals surface area contributed by atoms with Crippen LogP contribution >= 0.6 is 15.9 Å². The van der Waals surface area contributed by atoms with Crippen LogP contribution in [0.3, 0.4) is 0 Å². The molecule has 3 rings (SSSR count). The number of nitrogens with zero attached hydrogens (tertiary/aromatic N) is 1.